The molecule has 0 heterocycles. The quantitative estimate of drug-likeness (QED) is 0.696. The van der Waals surface area contributed by atoms with E-state index in [-0.39, 0.29) is 6.54 Å². The Kier molecular flexibility index (Phi) is 7.01. The van der Waals surface area contributed by atoms with Crippen molar-refractivity contribution in [2.45, 2.75) is 18.9 Å². The third kappa shape index (κ3) is 6.37. The monoisotopic (exact) mass is 330 g/mol. The highest BCUT2D eigenvalue weighted by Gasteiger charge is 2.23. The maximum Gasteiger partial charge on any atom is 0.313 e. The topological polar surface area (TPSA) is 78.4 Å². The number of nitrogens with one attached hydrogen (secondary N) is 2. The summed E-state index contributed by atoms with van der Waals surface area (Å²) < 4.78 is 0. The van der Waals surface area contributed by atoms with Crippen molar-refractivity contribution < 1.29 is 14.7 Å². The Morgan fingerprint density at radius 2 is 2.00 bits per heavy atom. The minimum absolute atomic E-state index is 0.0162. The van der Waals surface area contributed by atoms with Gasteiger partial charge in [-0.15, -0.1) is 0 Å². The fourth-order valence-corrected chi connectivity index (χ4v) is 2.33. The third-order valence-corrected chi connectivity index (χ3v) is 3.74. The van der Waals surface area contributed by atoms with Crippen LogP contribution in [0, 0.1) is 0 Å². The molecule has 1 atom stereocenters. The summed E-state index contributed by atoms with van der Waals surface area (Å²) in [5, 5.41) is 15.2. The first-order valence-corrected chi connectivity index (χ1v) is 8.18. The van der Waals surface area contributed by atoms with E-state index < -0.39 is 17.4 Å². The molecule has 0 saturated carbocycles. The normalized spacial score (nSPS) is 13.3. The minimum atomic E-state index is -1.04. The molecule has 0 radical (unpaired) electrons. The number of benzene rings is 1. The highest BCUT2D eigenvalue weighted by Crippen LogP contribution is 2.20. The summed E-state index contributed by atoms with van der Waals surface area (Å²) in [5.41, 5.74) is -0.669. The van der Waals surface area contributed by atoms with E-state index in [9.17, 15) is 14.7 Å². The molecule has 0 saturated heterocycles. The van der Waals surface area contributed by atoms with Crippen molar-refractivity contribution in [1.82, 2.24) is 5.32 Å². The molecule has 1 rings (SSSR count). The lowest BCUT2D eigenvalue weighted by Gasteiger charge is -2.23. The summed E-state index contributed by atoms with van der Waals surface area (Å²) >= 11 is 7.50. The molecule has 21 heavy (non-hydrogen) atoms. The molecule has 2 amide bonds. The lowest BCUT2D eigenvalue weighted by atomic mass is 10.0. The number of halogens is 1. The summed E-state index contributed by atoms with van der Waals surface area (Å²) in [6, 6.07) is 6.64. The van der Waals surface area contributed by atoms with Crippen LogP contribution in [0.15, 0.2) is 24.3 Å². The maximum absolute atomic E-state index is 11.7. The van der Waals surface area contributed by atoms with E-state index in [2.05, 4.69) is 10.6 Å². The Morgan fingerprint density at radius 1 is 1.33 bits per heavy atom. The Labute approximate surface area is 133 Å². The number of amides is 2. The van der Waals surface area contributed by atoms with E-state index in [1.807, 2.05) is 6.26 Å². The number of hydrogen-bond donors (Lipinski definition) is 3. The van der Waals surface area contributed by atoms with E-state index in [0.717, 1.165) is 5.75 Å². The smallest absolute Gasteiger partial charge is 0.313 e. The van der Waals surface area contributed by atoms with Crippen molar-refractivity contribution in [3.63, 3.8) is 0 Å². The van der Waals surface area contributed by atoms with Gasteiger partial charge in [0.2, 0.25) is 0 Å². The van der Waals surface area contributed by atoms with Crippen LogP contribution in [-0.2, 0) is 9.59 Å². The average Bonchev–Trinajstić information content (AvgIpc) is 2.45. The summed E-state index contributed by atoms with van der Waals surface area (Å²) in [7, 11) is 0. The molecule has 0 aliphatic carbocycles. The van der Waals surface area contributed by atoms with Gasteiger partial charge >= 0.3 is 11.8 Å². The summed E-state index contributed by atoms with van der Waals surface area (Å²) in [6.07, 6.45) is 2.46. The zero-order valence-electron chi connectivity index (χ0n) is 12.0. The fraction of sp³-hybridized carbons (Fsp3) is 0.429. The number of thioether (sulfide) groups is 1. The summed E-state index contributed by atoms with van der Waals surface area (Å²) in [6.45, 7) is 1.64. The van der Waals surface area contributed by atoms with Crippen LogP contribution < -0.4 is 10.6 Å². The molecule has 1 aromatic carbocycles. The molecular formula is C14H19ClN2O3S. The molecule has 0 bridgehead atoms. The lowest BCUT2D eigenvalue weighted by Crippen LogP contribution is -2.44. The predicted molar refractivity (Wildman–Crippen MR) is 86.7 cm³/mol. The van der Waals surface area contributed by atoms with Gasteiger partial charge in [0, 0.05) is 6.54 Å². The van der Waals surface area contributed by atoms with Gasteiger partial charge in [-0.05, 0) is 37.5 Å². The van der Waals surface area contributed by atoms with Gasteiger partial charge in [0.1, 0.15) is 0 Å². The molecule has 0 aromatic heterocycles. The zero-order valence-corrected chi connectivity index (χ0v) is 13.6. The minimum Gasteiger partial charge on any atom is -0.388 e. The summed E-state index contributed by atoms with van der Waals surface area (Å²) in [5.74, 6) is -0.850. The van der Waals surface area contributed by atoms with Gasteiger partial charge < -0.3 is 15.7 Å². The molecule has 1 unspecified atom stereocenters. The van der Waals surface area contributed by atoms with Crippen LogP contribution in [0.1, 0.15) is 13.3 Å². The standard InChI is InChI=1S/C14H19ClN2O3S/c1-14(20,7-8-21-2)9-16-12(18)13(19)17-11-6-4-3-5-10(11)15/h3-6,20H,7-9H2,1-2H3,(H,16,18)(H,17,19). The molecule has 0 aliphatic heterocycles. The van der Waals surface area contributed by atoms with Crippen LogP contribution in [0.25, 0.3) is 0 Å². The van der Waals surface area contributed by atoms with Crippen molar-refractivity contribution in [3.05, 3.63) is 29.3 Å². The van der Waals surface area contributed by atoms with Crippen molar-refractivity contribution in [2.75, 3.05) is 23.9 Å². The zero-order chi connectivity index (χ0) is 15.9. The molecule has 7 heteroatoms. The van der Waals surface area contributed by atoms with Gasteiger partial charge in [-0.1, -0.05) is 23.7 Å². The molecule has 0 aliphatic rings. The van der Waals surface area contributed by atoms with E-state index in [1.54, 1.807) is 43.0 Å². The van der Waals surface area contributed by atoms with Crippen LogP contribution in [-0.4, -0.2) is 41.1 Å². The van der Waals surface area contributed by atoms with Crippen LogP contribution >= 0.6 is 23.4 Å². The van der Waals surface area contributed by atoms with Gasteiger partial charge in [-0.2, -0.15) is 11.8 Å². The largest absolute Gasteiger partial charge is 0.388 e. The van der Waals surface area contributed by atoms with Gasteiger partial charge in [0.15, 0.2) is 0 Å². The number of carbonyl (C=O) groups is 2. The SMILES string of the molecule is CSCCC(C)(O)CNC(=O)C(=O)Nc1ccccc1Cl. The molecule has 1 aromatic rings. The second kappa shape index (κ2) is 8.26. The Hall–Kier alpha value is -1.24. The number of anilines is 1. The van der Waals surface area contributed by atoms with Crippen molar-refractivity contribution in [3.8, 4) is 0 Å². The molecule has 0 spiro atoms. The maximum atomic E-state index is 11.7. The van der Waals surface area contributed by atoms with Gasteiger partial charge in [0.05, 0.1) is 16.3 Å². The highest BCUT2D eigenvalue weighted by molar-refractivity contribution is 7.98. The first-order chi connectivity index (χ1) is 9.85. The van der Waals surface area contributed by atoms with Gasteiger partial charge in [0.25, 0.3) is 0 Å². The average molecular weight is 331 g/mol. The first-order valence-electron chi connectivity index (χ1n) is 6.41. The second-order valence-corrected chi connectivity index (χ2v) is 6.25. The number of carbonyl (C=O) groups excluding carboxylic acids is 2. The van der Waals surface area contributed by atoms with Gasteiger partial charge in [-0.25, -0.2) is 0 Å². The van der Waals surface area contributed by atoms with E-state index in [0.29, 0.717) is 17.1 Å². The number of hydrogen-bond acceptors (Lipinski definition) is 4. The molecule has 5 nitrogen and oxygen atoms in total. The number of aliphatic hydroxyl groups is 1. The molecule has 3 N–H and O–H groups in total. The summed E-state index contributed by atoms with van der Waals surface area (Å²) in [4.78, 5) is 23.4. The fourth-order valence-electron chi connectivity index (χ4n) is 1.50. The highest BCUT2D eigenvalue weighted by atomic mass is 35.5. The molecule has 116 valence electrons. The van der Waals surface area contributed by atoms with Crippen molar-refractivity contribution in [2.24, 2.45) is 0 Å². The van der Waals surface area contributed by atoms with E-state index in [4.69, 9.17) is 11.6 Å². The number of rotatable bonds is 6. The molecular weight excluding hydrogens is 312 g/mol. The number of para-hydroxylation sites is 1. The Morgan fingerprint density at radius 3 is 2.62 bits per heavy atom. The van der Waals surface area contributed by atoms with Crippen LogP contribution in [0.4, 0.5) is 5.69 Å². The lowest BCUT2D eigenvalue weighted by molar-refractivity contribution is -0.136. The van der Waals surface area contributed by atoms with Crippen molar-refractivity contribution >= 4 is 40.9 Å². The van der Waals surface area contributed by atoms with Crippen molar-refractivity contribution in [1.29, 1.82) is 0 Å². The Balaban J connectivity index is 2.49. The predicted octanol–water partition coefficient (Wildman–Crippen LogP) is 1.90. The second-order valence-electron chi connectivity index (χ2n) is 4.86. The van der Waals surface area contributed by atoms with E-state index in [1.165, 1.54) is 0 Å². The van der Waals surface area contributed by atoms with Crippen LogP contribution in [0.2, 0.25) is 5.02 Å². The van der Waals surface area contributed by atoms with Crippen LogP contribution in [0.3, 0.4) is 0 Å². The van der Waals surface area contributed by atoms with E-state index >= 15 is 0 Å². The first kappa shape index (κ1) is 17.8. The van der Waals surface area contributed by atoms with Crippen LogP contribution in [0.5, 0.6) is 0 Å². The van der Waals surface area contributed by atoms with Gasteiger partial charge in [-0.3, -0.25) is 9.59 Å². The third-order valence-electron chi connectivity index (χ3n) is 2.80. The Bertz CT molecular complexity index is 509. The molecule has 0 fully saturated rings.